The summed E-state index contributed by atoms with van der Waals surface area (Å²) < 4.78 is 16.2. The molecule has 1 aliphatic heterocycles. The van der Waals surface area contributed by atoms with Gasteiger partial charge in [-0.3, -0.25) is 4.79 Å². The van der Waals surface area contributed by atoms with Crippen LogP contribution in [0.3, 0.4) is 0 Å². The molecule has 4 rings (SSSR count). The number of methoxy groups -OCH3 is 1. The topological polar surface area (TPSA) is 82.1 Å². The second-order valence-electron chi connectivity index (χ2n) is 9.41. The average Bonchev–Trinajstić information content (AvgIpc) is 3.31. The van der Waals surface area contributed by atoms with Crippen molar-refractivity contribution < 1.29 is 28.6 Å². The minimum atomic E-state index is -0.600. The molecule has 0 aromatic heterocycles. The molecule has 2 atom stereocenters. The number of ether oxygens (including phenoxy) is 3. The Bertz CT molecular complexity index is 1240. The van der Waals surface area contributed by atoms with Crippen molar-refractivity contribution in [2.75, 3.05) is 13.7 Å². The number of carbonyl (C=O) groups is 3. The number of rotatable bonds is 11. The van der Waals surface area contributed by atoms with Crippen molar-refractivity contribution in [3.63, 3.8) is 0 Å². The van der Waals surface area contributed by atoms with Crippen LogP contribution in [0.25, 0.3) is 0 Å². The van der Waals surface area contributed by atoms with Gasteiger partial charge in [-0.15, -0.1) is 0 Å². The van der Waals surface area contributed by atoms with Crippen molar-refractivity contribution in [1.29, 1.82) is 0 Å². The molecule has 2 unspecified atom stereocenters. The van der Waals surface area contributed by atoms with Gasteiger partial charge in [0.05, 0.1) is 13.2 Å². The second-order valence-corrected chi connectivity index (χ2v) is 9.41. The fourth-order valence-corrected chi connectivity index (χ4v) is 4.75. The molecule has 0 N–H and O–H groups in total. The number of carbonyl (C=O) groups excluding carboxylic acids is 3. The van der Waals surface area contributed by atoms with Gasteiger partial charge in [0.15, 0.2) is 0 Å². The molecule has 38 heavy (non-hydrogen) atoms. The average molecular weight is 516 g/mol. The molecule has 1 fully saturated rings. The molecular formula is C31H33NO6. The van der Waals surface area contributed by atoms with Gasteiger partial charge in [0, 0.05) is 5.92 Å². The van der Waals surface area contributed by atoms with Crippen LogP contribution in [0.4, 0.5) is 4.79 Å². The van der Waals surface area contributed by atoms with Crippen molar-refractivity contribution in [3.8, 4) is 5.75 Å². The highest BCUT2D eigenvalue weighted by Gasteiger charge is 2.40. The summed E-state index contributed by atoms with van der Waals surface area (Å²) in [6.45, 7) is 2.33. The lowest BCUT2D eigenvalue weighted by molar-refractivity contribution is -0.133. The number of hydrogen-bond acceptors (Lipinski definition) is 6. The van der Waals surface area contributed by atoms with Crippen molar-refractivity contribution in [2.24, 2.45) is 5.92 Å². The Kier molecular flexibility index (Phi) is 9.14. The van der Waals surface area contributed by atoms with Gasteiger partial charge in [-0.25, -0.2) is 14.5 Å². The minimum absolute atomic E-state index is 0.143. The Morgan fingerprint density at radius 3 is 2.32 bits per heavy atom. The van der Waals surface area contributed by atoms with E-state index < -0.39 is 18.0 Å². The summed E-state index contributed by atoms with van der Waals surface area (Å²) >= 11 is 0. The number of amides is 2. The van der Waals surface area contributed by atoms with E-state index in [0.29, 0.717) is 30.6 Å². The zero-order chi connectivity index (χ0) is 26.9. The third-order valence-corrected chi connectivity index (χ3v) is 6.68. The van der Waals surface area contributed by atoms with Crippen LogP contribution in [0.5, 0.6) is 5.75 Å². The smallest absolute Gasteiger partial charge is 0.416 e. The molecule has 3 aromatic rings. The second kappa shape index (κ2) is 12.9. The van der Waals surface area contributed by atoms with E-state index in [1.807, 2.05) is 73.7 Å². The van der Waals surface area contributed by atoms with Gasteiger partial charge in [-0.2, -0.15) is 0 Å². The maximum Gasteiger partial charge on any atom is 0.416 e. The van der Waals surface area contributed by atoms with Crippen LogP contribution in [0.2, 0.25) is 0 Å². The molecule has 198 valence electrons. The predicted molar refractivity (Wildman–Crippen MR) is 143 cm³/mol. The van der Waals surface area contributed by atoms with Crippen LogP contribution < -0.4 is 4.74 Å². The summed E-state index contributed by atoms with van der Waals surface area (Å²) in [6.07, 6.45) is 1.68. The van der Waals surface area contributed by atoms with Gasteiger partial charge < -0.3 is 14.2 Å². The first-order valence-electron chi connectivity index (χ1n) is 12.9. The first-order valence-corrected chi connectivity index (χ1v) is 12.9. The molecule has 0 spiro atoms. The van der Waals surface area contributed by atoms with E-state index >= 15 is 0 Å². The molecule has 0 bridgehead atoms. The fraction of sp³-hybridized carbons (Fsp3) is 0.323. The lowest BCUT2D eigenvalue weighted by atomic mass is 9.92. The number of nitrogens with zero attached hydrogens (tertiary/aromatic N) is 1. The Morgan fingerprint density at radius 1 is 0.974 bits per heavy atom. The summed E-state index contributed by atoms with van der Waals surface area (Å²) in [7, 11) is 1.50. The van der Waals surface area contributed by atoms with Crippen LogP contribution in [-0.4, -0.2) is 42.6 Å². The third kappa shape index (κ3) is 6.59. The summed E-state index contributed by atoms with van der Waals surface area (Å²) in [5, 5.41) is 0. The van der Waals surface area contributed by atoms with Crippen LogP contribution in [0, 0.1) is 5.92 Å². The van der Waals surface area contributed by atoms with Gasteiger partial charge in [0.25, 0.3) is 0 Å². The van der Waals surface area contributed by atoms with Crippen molar-refractivity contribution in [2.45, 2.75) is 45.3 Å². The fourth-order valence-electron chi connectivity index (χ4n) is 4.75. The van der Waals surface area contributed by atoms with E-state index in [4.69, 9.17) is 14.2 Å². The Labute approximate surface area is 223 Å². The predicted octanol–water partition coefficient (Wildman–Crippen LogP) is 5.60. The summed E-state index contributed by atoms with van der Waals surface area (Å²) in [5.74, 6) is -0.794. The SMILES string of the molecule is CCCC(Cc1ccc(OC)c(C(=O)OCc2ccccc2)c1)C(=O)N1C(=O)OCC1Cc1ccccc1. The van der Waals surface area contributed by atoms with Crippen molar-refractivity contribution >= 4 is 18.0 Å². The highest BCUT2D eigenvalue weighted by Crippen LogP contribution is 2.27. The zero-order valence-electron chi connectivity index (χ0n) is 21.8. The highest BCUT2D eigenvalue weighted by molar-refractivity contribution is 5.95. The van der Waals surface area contributed by atoms with E-state index in [-0.39, 0.29) is 25.2 Å². The molecule has 1 aliphatic rings. The molecule has 0 aliphatic carbocycles. The van der Waals surface area contributed by atoms with Gasteiger partial charge in [-0.1, -0.05) is 80.1 Å². The zero-order valence-corrected chi connectivity index (χ0v) is 21.8. The summed E-state index contributed by atoms with van der Waals surface area (Å²) in [5.41, 5.74) is 3.00. The molecule has 0 saturated carbocycles. The largest absolute Gasteiger partial charge is 0.496 e. The third-order valence-electron chi connectivity index (χ3n) is 6.68. The molecule has 2 amide bonds. The van der Waals surface area contributed by atoms with Gasteiger partial charge in [0.2, 0.25) is 5.91 Å². The van der Waals surface area contributed by atoms with Crippen LogP contribution in [0.15, 0.2) is 78.9 Å². The maximum absolute atomic E-state index is 13.7. The summed E-state index contributed by atoms with van der Waals surface area (Å²) in [4.78, 5) is 40.5. The number of benzene rings is 3. The van der Waals surface area contributed by atoms with E-state index in [1.54, 1.807) is 12.1 Å². The molecule has 1 heterocycles. The standard InChI is InChI=1S/C31H33NO6/c1-3-10-25(29(33)32-26(21-38-31(32)35)18-22-11-6-4-7-12-22)17-24-15-16-28(36-2)27(19-24)30(34)37-20-23-13-8-5-9-14-23/h4-9,11-16,19,25-26H,3,10,17-18,20-21H2,1-2H3. The van der Waals surface area contributed by atoms with Crippen LogP contribution in [0.1, 0.15) is 46.8 Å². The van der Waals surface area contributed by atoms with E-state index in [1.165, 1.54) is 12.0 Å². The number of esters is 1. The number of cyclic esters (lactones) is 1. The van der Waals surface area contributed by atoms with Gasteiger partial charge >= 0.3 is 12.1 Å². The number of imide groups is 1. The van der Waals surface area contributed by atoms with Crippen LogP contribution >= 0.6 is 0 Å². The first-order chi connectivity index (χ1) is 18.5. The molecule has 7 heteroatoms. The van der Waals surface area contributed by atoms with Gasteiger partial charge in [-0.05, 0) is 48.1 Å². The van der Waals surface area contributed by atoms with E-state index in [0.717, 1.165) is 23.1 Å². The molecular weight excluding hydrogens is 482 g/mol. The Hall–Kier alpha value is -4.13. The Balaban J connectivity index is 1.50. The normalized spacial score (nSPS) is 15.6. The lowest BCUT2D eigenvalue weighted by Crippen LogP contribution is -2.44. The maximum atomic E-state index is 13.7. The minimum Gasteiger partial charge on any atom is -0.496 e. The van der Waals surface area contributed by atoms with Crippen molar-refractivity contribution in [1.82, 2.24) is 4.90 Å². The lowest BCUT2D eigenvalue weighted by Gasteiger charge is -2.25. The molecule has 0 radical (unpaired) electrons. The molecule has 1 saturated heterocycles. The van der Waals surface area contributed by atoms with Crippen molar-refractivity contribution in [3.05, 3.63) is 101 Å². The molecule has 7 nitrogen and oxygen atoms in total. The van der Waals surface area contributed by atoms with E-state index in [2.05, 4.69) is 0 Å². The van der Waals surface area contributed by atoms with E-state index in [9.17, 15) is 14.4 Å². The van der Waals surface area contributed by atoms with Crippen LogP contribution in [-0.2, 0) is 33.7 Å². The van der Waals surface area contributed by atoms with Gasteiger partial charge in [0.1, 0.15) is 24.5 Å². The number of hydrogen-bond donors (Lipinski definition) is 0. The summed E-state index contributed by atoms with van der Waals surface area (Å²) in [6, 6.07) is 24.1. The monoisotopic (exact) mass is 515 g/mol. The first kappa shape index (κ1) is 26.9. The Morgan fingerprint density at radius 2 is 1.66 bits per heavy atom. The quantitative estimate of drug-likeness (QED) is 0.309. The molecule has 3 aromatic carbocycles. The highest BCUT2D eigenvalue weighted by atomic mass is 16.6.